The van der Waals surface area contributed by atoms with Gasteiger partial charge in [0.25, 0.3) is 0 Å². The molecule has 1 heterocycles. The van der Waals surface area contributed by atoms with Gasteiger partial charge in [-0.3, -0.25) is 0 Å². The summed E-state index contributed by atoms with van der Waals surface area (Å²) in [5.74, 6) is -0.496. The summed E-state index contributed by atoms with van der Waals surface area (Å²) in [5, 5.41) is 20.8. The van der Waals surface area contributed by atoms with Crippen molar-refractivity contribution in [2.45, 2.75) is 19.8 Å². The predicted molar refractivity (Wildman–Crippen MR) is 114 cm³/mol. The highest BCUT2D eigenvalue weighted by Gasteiger charge is 2.28. The number of carboxylic acid groups (broad SMARTS) is 1. The van der Waals surface area contributed by atoms with Gasteiger partial charge in [0, 0.05) is 5.39 Å². The first kappa shape index (κ1) is 19.3. The molecule has 0 fully saturated rings. The first-order valence-electron chi connectivity index (χ1n) is 9.31. The highest BCUT2D eigenvalue weighted by atomic mass is 35.5. The van der Waals surface area contributed by atoms with Crippen molar-refractivity contribution in [2.24, 2.45) is 5.92 Å². The summed E-state index contributed by atoms with van der Waals surface area (Å²) in [6.45, 7) is 2.10. The lowest BCUT2D eigenvalue weighted by atomic mass is 9.80. The van der Waals surface area contributed by atoms with Crippen molar-refractivity contribution in [3.63, 3.8) is 0 Å². The molecule has 0 aliphatic heterocycles. The van der Waals surface area contributed by atoms with E-state index in [2.05, 4.69) is 6.92 Å². The molecule has 0 saturated carbocycles. The Morgan fingerprint density at radius 3 is 2.76 bits per heavy atom. The van der Waals surface area contributed by atoms with Crippen LogP contribution in [0, 0.1) is 5.92 Å². The molecular weight excluding hydrogens is 390 g/mol. The average molecular weight is 410 g/mol. The molecule has 1 aliphatic rings. The number of carboxylic acids is 1. The number of methoxy groups -OCH3 is 1. The number of ether oxygens (including phenoxy) is 1. The molecule has 2 N–H and O–H groups in total. The number of aromatic hydroxyl groups is 1. The molecule has 0 amide bonds. The van der Waals surface area contributed by atoms with E-state index in [1.807, 2.05) is 24.3 Å². The van der Waals surface area contributed by atoms with E-state index in [-0.39, 0.29) is 22.4 Å². The maximum atomic E-state index is 12.1. The van der Waals surface area contributed by atoms with Crippen LogP contribution in [0.3, 0.4) is 0 Å². The molecule has 5 nitrogen and oxygen atoms in total. The van der Waals surface area contributed by atoms with E-state index in [4.69, 9.17) is 21.3 Å². The van der Waals surface area contributed by atoms with Gasteiger partial charge < -0.3 is 14.9 Å². The molecule has 1 aliphatic carbocycles. The van der Waals surface area contributed by atoms with Crippen LogP contribution in [0.5, 0.6) is 11.5 Å². The first-order chi connectivity index (χ1) is 13.9. The average Bonchev–Trinajstić information content (AvgIpc) is 2.68. The van der Waals surface area contributed by atoms with Crippen LogP contribution in [0.1, 0.15) is 40.5 Å². The Morgan fingerprint density at radius 1 is 1.28 bits per heavy atom. The Balaban J connectivity index is 1.97. The molecular formula is C23H20ClNO4. The Hall–Kier alpha value is -3.05. The number of carbonyl (C=O) groups is 1. The number of benzene rings is 2. The number of nitrogens with zero attached hydrogens (tertiary/aromatic N) is 1. The number of aromatic carboxylic acids is 1. The number of hydrogen-bond donors (Lipinski definition) is 2. The van der Waals surface area contributed by atoms with E-state index in [0.717, 1.165) is 23.1 Å². The Kier molecular flexibility index (Phi) is 4.92. The van der Waals surface area contributed by atoms with Crippen LogP contribution in [0.4, 0.5) is 0 Å². The van der Waals surface area contributed by atoms with Gasteiger partial charge in [-0.05, 0) is 59.7 Å². The number of para-hydroxylation sites is 1. The summed E-state index contributed by atoms with van der Waals surface area (Å²) in [6, 6.07) is 10.7. The van der Waals surface area contributed by atoms with Crippen LogP contribution in [0.2, 0.25) is 5.02 Å². The minimum atomic E-state index is -0.942. The zero-order chi connectivity index (χ0) is 20.7. The van der Waals surface area contributed by atoms with Gasteiger partial charge in [-0.1, -0.05) is 36.7 Å². The minimum Gasteiger partial charge on any atom is -0.503 e. The van der Waals surface area contributed by atoms with Crippen LogP contribution < -0.4 is 4.74 Å². The van der Waals surface area contributed by atoms with Crippen molar-refractivity contribution >= 4 is 40.1 Å². The lowest BCUT2D eigenvalue weighted by molar-refractivity contribution is 0.0697. The molecule has 0 bridgehead atoms. The fourth-order valence-electron chi connectivity index (χ4n) is 4.01. The number of aromatic nitrogens is 1. The van der Waals surface area contributed by atoms with Gasteiger partial charge in [-0.25, -0.2) is 9.78 Å². The van der Waals surface area contributed by atoms with E-state index >= 15 is 0 Å². The second-order valence-corrected chi connectivity index (χ2v) is 7.78. The second kappa shape index (κ2) is 7.41. The van der Waals surface area contributed by atoms with Crippen LogP contribution in [-0.4, -0.2) is 28.3 Å². The maximum Gasteiger partial charge on any atom is 0.336 e. The van der Waals surface area contributed by atoms with Crippen molar-refractivity contribution in [3.8, 4) is 11.5 Å². The van der Waals surface area contributed by atoms with E-state index in [1.165, 1.54) is 7.11 Å². The fraction of sp³-hybridized carbons (Fsp3) is 0.217. The van der Waals surface area contributed by atoms with E-state index in [9.17, 15) is 15.0 Å². The molecule has 3 aromatic rings. The number of halogens is 1. The molecule has 0 unspecified atom stereocenters. The molecule has 4 rings (SSSR count). The SMILES string of the molecule is COc1cc(/C=C2\C[C@H](C)Cc3c2nc2ccccc2c3C(=O)O)cc(Cl)c1O. The van der Waals surface area contributed by atoms with Crippen LogP contribution in [-0.2, 0) is 6.42 Å². The quantitative estimate of drug-likeness (QED) is 0.603. The van der Waals surface area contributed by atoms with Crippen molar-refractivity contribution in [2.75, 3.05) is 7.11 Å². The van der Waals surface area contributed by atoms with Gasteiger partial charge in [-0.2, -0.15) is 0 Å². The summed E-state index contributed by atoms with van der Waals surface area (Å²) in [6.07, 6.45) is 3.36. The number of phenols is 1. The monoisotopic (exact) mass is 409 g/mol. The Morgan fingerprint density at radius 2 is 2.03 bits per heavy atom. The lowest BCUT2D eigenvalue weighted by Gasteiger charge is -2.26. The summed E-state index contributed by atoms with van der Waals surface area (Å²) in [4.78, 5) is 16.9. The number of hydrogen-bond acceptors (Lipinski definition) is 4. The molecule has 1 atom stereocenters. The zero-order valence-corrected chi connectivity index (χ0v) is 16.8. The highest BCUT2D eigenvalue weighted by Crippen LogP contribution is 2.40. The molecule has 6 heteroatoms. The molecule has 1 aromatic heterocycles. The molecule has 0 radical (unpaired) electrons. The predicted octanol–water partition coefficient (Wildman–Crippen LogP) is 5.42. The smallest absolute Gasteiger partial charge is 0.336 e. The number of phenolic OH excluding ortho intramolecular Hbond substituents is 1. The van der Waals surface area contributed by atoms with Crippen LogP contribution >= 0.6 is 11.6 Å². The van der Waals surface area contributed by atoms with Gasteiger partial charge in [0.2, 0.25) is 0 Å². The van der Waals surface area contributed by atoms with E-state index < -0.39 is 5.97 Å². The van der Waals surface area contributed by atoms with Gasteiger partial charge in [0.05, 0.1) is 28.9 Å². The van der Waals surface area contributed by atoms with Crippen molar-refractivity contribution in [1.82, 2.24) is 4.98 Å². The molecule has 29 heavy (non-hydrogen) atoms. The fourth-order valence-corrected chi connectivity index (χ4v) is 4.23. The summed E-state index contributed by atoms with van der Waals surface area (Å²) in [7, 11) is 1.47. The van der Waals surface area contributed by atoms with Crippen molar-refractivity contribution in [1.29, 1.82) is 0 Å². The summed E-state index contributed by atoms with van der Waals surface area (Å²) in [5.41, 5.74) is 4.15. The van der Waals surface area contributed by atoms with Gasteiger partial charge in [0.1, 0.15) is 0 Å². The number of allylic oxidation sites excluding steroid dienone is 1. The third kappa shape index (κ3) is 3.42. The third-order valence-corrected chi connectivity index (χ3v) is 5.53. The highest BCUT2D eigenvalue weighted by molar-refractivity contribution is 6.32. The Labute approximate surface area is 173 Å². The topological polar surface area (TPSA) is 79.7 Å². The molecule has 2 aromatic carbocycles. The normalized spacial score (nSPS) is 17.3. The number of rotatable bonds is 3. The second-order valence-electron chi connectivity index (χ2n) is 7.37. The van der Waals surface area contributed by atoms with Crippen LogP contribution in [0.25, 0.3) is 22.6 Å². The molecule has 0 saturated heterocycles. The van der Waals surface area contributed by atoms with Gasteiger partial charge in [0.15, 0.2) is 11.5 Å². The Bertz CT molecular complexity index is 1170. The van der Waals surface area contributed by atoms with E-state index in [0.29, 0.717) is 28.6 Å². The maximum absolute atomic E-state index is 12.1. The zero-order valence-electron chi connectivity index (χ0n) is 16.1. The molecule has 148 valence electrons. The minimum absolute atomic E-state index is 0.106. The van der Waals surface area contributed by atoms with E-state index in [1.54, 1.807) is 18.2 Å². The summed E-state index contributed by atoms with van der Waals surface area (Å²) >= 11 is 6.14. The van der Waals surface area contributed by atoms with Crippen LogP contribution in [0.15, 0.2) is 36.4 Å². The standard InChI is InChI=1S/C23H20ClNO4/c1-12-7-14(9-13-10-17(24)22(26)19(11-13)29-2)21-16(8-12)20(23(27)28)15-5-3-4-6-18(15)25-21/h3-6,9-12,26H,7-8H2,1-2H3,(H,27,28)/b14-9+/t12-/m0/s1. The number of fused-ring (bicyclic) bond motifs is 2. The lowest BCUT2D eigenvalue weighted by Crippen LogP contribution is -2.17. The van der Waals surface area contributed by atoms with Gasteiger partial charge >= 0.3 is 5.97 Å². The molecule has 0 spiro atoms. The third-order valence-electron chi connectivity index (χ3n) is 5.24. The number of pyridine rings is 1. The largest absolute Gasteiger partial charge is 0.503 e. The van der Waals surface area contributed by atoms with Crippen molar-refractivity contribution < 1.29 is 19.7 Å². The van der Waals surface area contributed by atoms with Gasteiger partial charge in [-0.15, -0.1) is 0 Å². The van der Waals surface area contributed by atoms with Crippen molar-refractivity contribution in [3.05, 3.63) is 63.8 Å². The first-order valence-corrected chi connectivity index (χ1v) is 9.69. The summed E-state index contributed by atoms with van der Waals surface area (Å²) < 4.78 is 5.20.